The monoisotopic (exact) mass is 301 g/mol. The lowest BCUT2D eigenvalue weighted by Gasteiger charge is -2.20. The van der Waals surface area contributed by atoms with E-state index < -0.39 is 16.0 Å². The molecule has 0 amide bonds. The second kappa shape index (κ2) is 7.37. The SMILES string of the molecule is CCCN(CCO)S(=O)(=O)c1cccc(C(=O)OC)c1. The minimum absolute atomic E-state index is 0.0160. The fraction of sp³-hybridized carbons (Fsp3) is 0.462. The first-order valence-electron chi connectivity index (χ1n) is 6.26. The van der Waals surface area contributed by atoms with Crippen molar-refractivity contribution in [3.8, 4) is 0 Å². The van der Waals surface area contributed by atoms with E-state index in [1.54, 1.807) is 0 Å². The standard InChI is InChI=1S/C13H19NO5S/c1-3-7-14(8-9-15)20(17,18)12-6-4-5-11(10-12)13(16)19-2/h4-6,10,15H,3,7-9H2,1-2H3. The lowest BCUT2D eigenvalue weighted by atomic mass is 10.2. The van der Waals surface area contributed by atoms with Crippen LogP contribution in [-0.2, 0) is 14.8 Å². The topological polar surface area (TPSA) is 83.9 Å². The maximum Gasteiger partial charge on any atom is 0.337 e. The molecule has 0 spiro atoms. The molecule has 0 aliphatic carbocycles. The average molecular weight is 301 g/mol. The summed E-state index contributed by atoms with van der Waals surface area (Å²) in [5.74, 6) is -0.591. The maximum absolute atomic E-state index is 12.4. The van der Waals surface area contributed by atoms with Crippen LogP contribution in [0, 0.1) is 0 Å². The van der Waals surface area contributed by atoms with Crippen molar-refractivity contribution in [3.63, 3.8) is 0 Å². The highest BCUT2D eigenvalue weighted by atomic mass is 32.2. The van der Waals surface area contributed by atoms with E-state index in [1.165, 1.54) is 35.7 Å². The van der Waals surface area contributed by atoms with Crippen LogP contribution in [0.1, 0.15) is 23.7 Å². The Morgan fingerprint density at radius 2 is 2.05 bits per heavy atom. The van der Waals surface area contributed by atoms with Crippen molar-refractivity contribution in [2.75, 3.05) is 26.8 Å². The first-order chi connectivity index (χ1) is 9.47. The molecule has 0 bridgehead atoms. The van der Waals surface area contributed by atoms with E-state index in [2.05, 4.69) is 4.74 Å². The zero-order valence-electron chi connectivity index (χ0n) is 11.6. The van der Waals surface area contributed by atoms with Crippen molar-refractivity contribution in [1.82, 2.24) is 4.31 Å². The van der Waals surface area contributed by atoms with Crippen LogP contribution in [0.5, 0.6) is 0 Å². The Morgan fingerprint density at radius 3 is 2.60 bits per heavy atom. The highest BCUT2D eigenvalue weighted by Gasteiger charge is 2.24. The third kappa shape index (κ3) is 3.78. The van der Waals surface area contributed by atoms with Gasteiger partial charge in [-0.3, -0.25) is 0 Å². The summed E-state index contributed by atoms with van der Waals surface area (Å²) in [6, 6.07) is 5.67. The summed E-state index contributed by atoms with van der Waals surface area (Å²) >= 11 is 0. The molecule has 0 aliphatic rings. The molecule has 1 aromatic rings. The van der Waals surface area contributed by atoms with Gasteiger partial charge in [-0.2, -0.15) is 4.31 Å². The number of hydrogen-bond acceptors (Lipinski definition) is 5. The number of rotatable bonds is 7. The van der Waals surface area contributed by atoms with E-state index in [-0.39, 0.29) is 23.6 Å². The molecule has 0 saturated heterocycles. The molecule has 7 heteroatoms. The highest BCUT2D eigenvalue weighted by Crippen LogP contribution is 2.17. The van der Waals surface area contributed by atoms with Crippen LogP contribution in [-0.4, -0.2) is 50.6 Å². The number of esters is 1. The number of aliphatic hydroxyl groups is 1. The number of carbonyl (C=O) groups is 1. The Hall–Kier alpha value is -1.44. The normalized spacial score (nSPS) is 11.6. The average Bonchev–Trinajstić information content (AvgIpc) is 2.46. The number of benzene rings is 1. The Morgan fingerprint density at radius 1 is 1.35 bits per heavy atom. The molecule has 1 rings (SSSR count). The predicted molar refractivity (Wildman–Crippen MR) is 73.9 cm³/mol. The van der Waals surface area contributed by atoms with Crippen LogP contribution in [0.3, 0.4) is 0 Å². The van der Waals surface area contributed by atoms with Crippen molar-refractivity contribution in [2.24, 2.45) is 0 Å². The van der Waals surface area contributed by atoms with E-state index in [1.807, 2.05) is 6.92 Å². The molecule has 0 radical (unpaired) electrons. The van der Waals surface area contributed by atoms with Gasteiger partial charge in [-0.05, 0) is 24.6 Å². The summed E-state index contributed by atoms with van der Waals surface area (Å²) in [6.07, 6.45) is 0.635. The first kappa shape index (κ1) is 16.6. The molecule has 0 unspecified atom stereocenters. The first-order valence-corrected chi connectivity index (χ1v) is 7.70. The van der Waals surface area contributed by atoms with E-state index >= 15 is 0 Å². The van der Waals surface area contributed by atoms with Crippen LogP contribution in [0.4, 0.5) is 0 Å². The van der Waals surface area contributed by atoms with Crippen molar-refractivity contribution in [1.29, 1.82) is 0 Å². The van der Waals surface area contributed by atoms with Gasteiger partial charge in [0, 0.05) is 13.1 Å². The number of ether oxygens (including phenoxy) is 1. The van der Waals surface area contributed by atoms with Crippen LogP contribution >= 0.6 is 0 Å². The summed E-state index contributed by atoms with van der Waals surface area (Å²) in [5.41, 5.74) is 0.175. The molecule has 0 atom stereocenters. The van der Waals surface area contributed by atoms with Gasteiger partial charge >= 0.3 is 5.97 Å². The molecular formula is C13H19NO5S. The largest absolute Gasteiger partial charge is 0.465 e. The van der Waals surface area contributed by atoms with Crippen molar-refractivity contribution in [3.05, 3.63) is 29.8 Å². The van der Waals surface area contributed by atoms with Crippen molar-refractivity contribution in [2.45, 2.75) is 18.2 Å². The van der Waals surface area contributed by atoms with Gasteiger partial charge in [-0.25, -0.2) is 13.2 Å². The zero-order chi connectivity index (χ0) is 15.2. The Bertz CT molecular complexity index is 550. The second-order valence-electron chi connectivity index (χ2n) is 4.15. The number of nitrogens with zero attached hydrogens (tertiary/aromatic N) is 1. The third-order valence-electron chi connectivity index (χ3n) is 2.72. The summed E-state index contributed by atoms with van der Waals surface area (Å²) < 4.78 is 30.6. The van der Waals surface area contributed by atoms with E-state index in [9.17, 15) is 13.2 Å². The predicted octanol–water partition coefficient (Wildman–Crippen LogP) is 0.866. The summed E-state index contributed by atoms with van der Waals surface area (Å²) in [7, 11) is -2.49. The van der Waals surface area contributed by atoms with Gasteiger partial charge in [-0.1, -0.05) is 13.0 Å². The van der Waals surface area contributed by atoms with Gasteiger partial charge in [0.2, 0.25) is 10.0 Å². The summed E-state index contributed by atoms with van der Waals surface area (Å²) in [5, 5.41) is 8.97. The smallest absolute Gasteiger partial charge is 0.337 e. The second-order valence-corrected chi connectivity index (χ2v) is 6.09. The lowest BCUT2D eigenvalue weighted by molar-refractivity contribution is 0.0600. The Labute approximate surface area is 119 Å². The third-order valence-corrected chi connectivity index (χ3v) is 4.61. The minimum Gasteiger partial charge on any atom is -0.465 e. The fourth-order valence-electron chi connectivity index (χ4n) is 1.76. The van der Waals surface area contributed by atoms with Gasteiger partial charge in [0.05, 0.1) is 24.2 Å². The molecule has 1 aromatic carbocycles. The quantitative estimate of drug-likeness (QED) is 0.755. The van der Waals surface area contributed by atoms with Crippen molar-refractivity contribution >= 4 is 16.0 Å². The highest BCUT2D eigenvalue weighted by molar-refractivity contribution is 7.89. The number of sulfonamides is 1. The number of hydrogen-bond donors (Lipinski definition) is 1. The Kier molecular flexibility index (Phi) is 6.12. The fourth-order valence-corrected chi connectivity index (χ4v) is 3.33. The molecule has 0 heterocycles. The van der Waals surface area contributed by atoms with Gasteiger partial charge in [0.25, 0.3) is 0 Å². The number of methoxy groups -OCH3 is 1. The maximum atomic E-state index is 12.4. The molecule has 0 fully saturated rings. The molecule has 0 saturated carbocycles. The molecule has 6 nitrogen and oxygen atoms in total. The molecule has 0 aliphatic heterocycles. The van der Waals surface area contributed by atoms with E-state index in [4.69, 9.17) is 5.11 Å². The van der Waals surface area contributed by atoms with Gasteiger partial charge in [0.1, 0.15) is 0 Å². The van der Waals surface area contributed by atoms with Crippen LogP contribution in [0.15, 0.2) is 29.2 Å². The molecule has 0 aromatic heterocycles. The summed E-state index contributed by atoms with van der Waals surface area (Å²) in [4.78, 5) is 11.5. The molecule has 1 N–H and O–H groups in total. The minimum atomic E-state index is -3.72. The number of aliphatic hydroxyl groups excluding tert-OH is 1. The lowest BCUT2D eigenvalue weighted by Crippen LogP contribution is -2.34. The molecule has 112 valence electrons. The molecular weight excluding hydrogens is 282 g/mol. The van der Waals surface area contributed by atoms with Gasteiger partial charge in [-0.15, -0.1) is 0 Å². The van der Waals surface area contributed by atoms with Crippen LogP contribution < -0.4 is 0 Å². The van der Waals surface area contributed by atoms with Crippen molar-refractivity contribution < 1.29 is 23.1 Å². The number of carbonyl (C=O) groups excluding carboxylic acids is 1. The van der Waals surface area contributed by atoms with E-state index in [0.717, 1.165) is 0 Å². The van der Waals surface area contributed by atoms with Crippen LogP contribution in [0.25, 0.3) is 0 Å². The van der Waals surface area contributed by atoms with Crippen LogP contribution in [0.2, 0.25) is 0 Å². The molecule has 20 heavy (non-hydrogen) atoms. The van der Waals surface area contributed by atoms with Gasteiger partial charge < -0.3 is 9.84 Å². The summed E-state index contributed by atoms with van der Waals surface area (Å²) in [6.45, 7) is 1.94. The zero-order valence-corrected chi connectivity index (χ0v) is 12.4. The van der Waals surface area contributed by atoms with E-state index in [0.29, 0.717) is 13.0 Å². The Balaban J connectivity index is 3.16. The van der Waals surface area contributed by atoms with Gasteiger partial charge in [0.15, 0.2) is 0 Å².